The van der Waals surface area contributed by atoms with Gasteiger partial charge in [-0.3, -0.25) is 9.59 Å². The minimum Gasteiger partial charge on any atom is -0.342 e. The van der Waals surface area contributed by atoms with Gasteiger partial charge in [-0.25, -0.2) is 0 Å². The van der Waals surface area contributed by atoms with Crippen molar-refractivity contribution < 1.29 is 9.59 Å². The van der Waals surface area contributed by atoms with E-state index in [1.165, 1.54) is 0 Å². The summed E-state index contributed by atoms with van der Waals surface area (Å²) in [6, 6.07) is 20.2. The molecule has 6 nitrogen and oxygen atoms in total. The molecule has 2 saturated carbocycles. The fourth-order valence-electron chi connectivity index (χ4n) is 5.76. The average molecular weight is 493 g/mol. The minimum absolute atomic E-state index is 0.245. The van der Waals surface area contributed by atoms with Crippen molar-refractivity contribution >= 4 is 11.8 Å². The van der Waals surface area contributed by atoms with E-state index in [-0.39, 0.29) is 22.6 Å². The average Bonchev–Trinajstić information content (AvgIpc) is 3.85. The lowest BCUT2D eigenvalue weighted by atomic mass is 9.91. The molecule has 0 bridgehead atoms. The molecular weight excluding hydrogens is 448 g/mol. The SMILES string of the molecule is CCN(CC)C(=O)C1(c2ccccc2)C[C@@H]1CN.CCN(CC)C(=O)C1(c2ccccc2)C[C@H]1CN. The van der Waals surface area contributed by atoms with Gasteiger partial charge in [-0.2, -0.15) is 0 Å². The molecule has 0 spiro atoms. The fourth-order valence-corrected chi connectivity index (χ4v) is 5.76. The lowest BCUT2D eigenvalue weighted by Gasteiger charge is -2.26. The highest BCUT2D eigenvalue weighted by molar-refractivity contribution is 5.92. The molecule has 0 saturated heterocycles. The van der Waals surface area contributed by atoms with E-state index in [1.807, 2.05) is 73.9 Å². The van der Waals surface area contributed by atoms with Crippen LogP contribution in [-0.2, 0) is 20.4 Å². The smallest absolute Gasteiger partial charge is 0.233 e. The third-order valence-corrected chi connectivity index (χ3v) is 8.22. The highest BCUT2D eigenvalue weighted by Crippen LogP contribution is 2.55. The van der Waals surface area contributed by atoms with Crippen LogP contribution in [0.3, 0.4) is 0 Å². The van der Waals surface area contributed by atoms with Crippen LogP contribution in [-0.4, -0.2) is 60.9 Å². The van der Waals surface area contributed by atoms with E-state index in [0.29, 0.717) is 24.9 Å². The zero-order chi connectivity index (χ0) is 26.3. The molecule has 2 unspecified atom stereocenters. The predicted molar refractivity (Wildman–Crippen MR) is 146 cm³/mol. The van der Waals surface area contributed by atoms with Crippen molar-refractivity contribution in [2.24, 2.45) is 23.3 Å². The van der Waals surface area contributed by atoms with Gasteiger partial charge in [0.05, 0.1) is 10.8 Å². The molecule has 4 rings (SSSR count). The van der Waals surface area contributed by atoms with Crippen LogP contribution in [0.1, 0.15) is 51.7 Å². The number of benzene rings is 2. The lowest BCUT2D eigenvalue weighted by Crippen LogP contribution is -2.40. The number of amides is 2. The van der Waals surface area contributed by atoms with Crippen molar-refractivity contribution in [2.45, 2.75) is 51.4 Å². The number of likely N-dealkylation sites (N-methyl/N-ethyl adjacent to an activating group) is 2. The molecule has 2 amide bonds. The molecule has 36 heavy (non-hydrogen) atoms. The first-order valence-corrected chi connectivity index (χ1v) is 13.5. The van der Waals surface area contributed by atoms with Crippen LogP contribution in [0.25, 0.3) is 0 Å². The van der Waals surface area contributed by atoms with Gasteiger partial charge in [-0.05, 0) is 76.6 Å². The highest BCUT2D eigenvalue weighted by atomic mass is 16.2. The normalized spacial score (nSPS) is 25.8. The Kier molecular flexibility index (Phi) is 9.31. The van der Waals surface area contributed by atoms with Crippen molar-refractivity contribution in [1.29, 1.82) is 0 Å². The van der Waals surface area contributed by atoms with Crippen LogP contribution in [0, 0.1) is 11.8 Å². The maximum atomic E-state index is 12.7. The van der Waals surface area contributed by atoms with Crippen molar-refractivity contribution in [3.63, 3.8) is 0 Å². The zero-order valence-electron chi connectivity index (χ0n) is 22.5. The van der Waals surface area contributed by atoms with Crippen molar-refractivity contribution in [2.75, 3.05) is 39.3 Å². The number of hydrogen-bond acceptors (Lipinski definition) is 4. The monoisotopic (exact) mass is 492 g/mol. The minimum atomic E-state index is -0.345. The number of nitrogens with two attached hydrogens (primary N) is 2. The lowest BCUT2D eigenvalue weighted by molar-refractivity contribution is -0.134. The van der Waals surface area contributed by atoms with Crippen molar-refractivity contribution in [3.05, 3.63) is 71.8 Å². The number of carbonyl (C=O) groups is 2. The molecule has 0 aromatic heterocycles. The molecule has 2 aromatic carbocycles. The van der Waals surface area contributed by atoms with Gasteiger partial charge in [-0.15, -0.1) is 0 Å². The Morgan fingerprint density at radius 3 is 1.19 bits per heavy atom. The second kappa shape index (κ2) is 12.0. The van der Waals surface area contributed by atoms with Crippen LogP contribution in [0.5, 0.6) is 0 Å². The first kappa shape index (κ1) is 27.9. The number of carbonyl (C=O) groups excluding carboxylic acids is 2. The second-order valence-corrected chi connectivity index (χ2v) is 9.90. The van der Waals surface area contributed by atoms with Gasteiger partial charge in [0.2, 0.25) is 11.8 Å². The summed E-state index contributed by atoms with van der Waals surface area (Å²) in [5, 5.41) is 0. The van der Waals surface area contributed by atoms with E-state index in [2.05, 4.69) is 24.3 Å². The zero-order valence-corrected chi connectivity index (χ0v) is 22.5. The Labute approximate surface area is 217 Å². The van der Waals surface area contributed by atoms with Gasteiger partial charge < -0.3 is 21.3 Å². The van der Waals surface area contributed by atoms with Crippen LogP contribution >= 0.6 is 0 Å². The van der Waals surface area contributed by atoms with Gasteiger partial charge in [0.25, 0.3) is 0 Å². The third kappa shape index (κ3) is 5.07. The molecule has 4 N–H and O–H groups in total. The molecule has 2 aromatic rings. The number of rotatable bonds is 10. The van der Waals surface area contributed by atoms with Crippen molar-refractivity contribution in [1.82, 2.24) is 9.80 Å². The van der Waals surface area contributed by atoms with Crippen LogP contribution < -0.4 is 11.5 Å². The van der Waals surface area contributed by atoms with E-state index >= 15 is 0 Å². The predicted octanol–water partition coefficient (Wildman–Crippen LogP) is 3.54. The molecule has 0 heterocycles. The Morgan fingerprint density at radius 1 is 0.667 bits per heavy atom. The summed E-state index contributed by atoms with van der Waals surface area (Å²) in [4.78, 5) is 29.3. The summed E-state index contributed by atoms with van der Waals surface area (Å²) in [6.07, 6.45) is 1.78. The van der Waals surface area contributed by atoms with E-state index in [9.17, 15) is 9.59 Å². The summed E-state index contributed by atoms with van der Waals surface area (Å²) in [5.74, 6) is 1.09. The maximum absolute atomic E-state index is 12.7. The molecular formula is C30H44N4O2. The largest absolute Gasteiger partial charge is 0.342 e. The van der Waals surface area contributed by atoms with Gasteiger partial charge in [0.1, 0.15) is 0 Å². The van der Waals surface area contributed by atoms with Crippen molar-refractivity contribution in [3.8, 4) is 0 Å². The van der Waals surface area contributed by atoms with Crippen LogP contribution in [0.2, 0.25) is 0 Å². The molecule has 2 fully saturated rings. The molecule has 6 heteroatoms. The Hall–Kier alpha value is -2.70. The Morgan fingerprint density at radius 2 is 0.972 bits per heavy atom. The van der Waals surface area contributed by atoms with E-state index in [4.69, 9.17) is 11.5 Å². The molecule has 0 radical (unpaired) electrons. The molecule has 0 aliphatic heterocycles. The van der Waals surface area contributed by atoms with Gasteiger partial charge in [-0.1, -0.05) is 60.7 Å². The molecule has 196 valence electrons. The second-order valence-electron chi connectivity index (χ2n) is 9.90. The van der Waals surface area contributed by atoms with E-state index < -0.39 is 0 Å². The highest BCUT2D eigenvalue weighted by Gasteiger charge is 2.61. The standard InChI is InChI=1S/2C15H22N2O/c2*1-3-17(4-2)14(18)15(10-13(15)11-16)12-8-6-5-7-9-12/h2*5-9,13H,3-4,10-11,16H2,1-2H3/t2*13-,15?/m10/s1. The number of hydrogen-bond donors (Lipinski definition) is 2. The Bertz CT molecular complexity index is 909. The van der Waals surface area contributed by atoms with E-state index in [1.54, 1.807) is 0 Å². The third-order valence-electron chi connectivity index (χ3n) is 8.22. The Balaban J connectivity index is 0.000000201. The van der Waals surface area contributed by atoms with Crippen LogP contribution in [0.15, 0.2) is 60.7 Å². The van der Waals surface area contributed by atoms with Crippen LogP contribution in [0.4, 0.5) is 0 Å². The summed E-state index contributed by atoms with van der Waals surface area (Å²) >= 11 is 0. The fraction of sp³-hybridized carbons (Fsp3) is 0.533. The topological polar surface area (TPSA) is 92.7 Å². The molecule has 2 aliphatic rings. The first-order chi connectivity index (χ1) is 17.4. The summed E-state index contributed by atoms with van der Waals surface area (Å²) in [7, 11) is 0. The molecule has 4 atom stereocenters. The van der Waals surface area contributed by atoms with Gasteiger partial charge in [0.15, 0.2) is 0 Å². The number of nitrogens with zero attached hydrogens (tertiary/aromatic N) is 2. The summed E-state index contributed by atoms with van der Waals surface area (Å²) < 4.78 is 0. The van der Waals surface area contributed by atoms with E-state index in [0.717, 1.165) is 50.1 Å². The maximum Gasteiger partial charge on any atom is 0.233 e. The quantitative estimate of drug-likeness (QED) is 0.531. The summed E-state index contributed by atoms with van der Waals surface area (Å²) in [6.45, 7) is 12.3. The summed E-state index contributed by atoms with van der Waals surface area (Å²) in [5.41, 5.74) is 13.1. The molecule has 2 aliphatic carbocycles. The van der Waals surface area contributed by atoms with Gasteiger partial charge in [0, 0.05) is 26.2 Å². The first-order valence-electron chi connectivity index (χ1n) is 13.5. The van der Waals surface area contributed by atoms with Gasteiger partial charge >= 0.3 is 0 Å².